The first kappa shape index (κ1) is 17.7. The van der Waals surface area contributed by atoms with Crippen LogP contribution < -0.4 is 0 Å². The summed E-state index contributed by atoms with van der Waals surface area (Å²) in [6.45, 7) is 5.41. The van der Waals surface area contributed by atoms with Crippen molar-refractivity contribution in [1.29, 1.82) is 0 Å². The molecule has 2 unspecified atom stereocenters. The number of carboxylic acid groups (broad SMARTS) is 1. The summed E-state index contributed by atoms with van der Waals surface area (Å²) in [6, 6.07) is -1.34. The quantitative estimate of drug-likeness (QED) is 0.811. The highest BCUT2D eigenvalue weighted by Gasteiger charge is 2.48. The van der Waals surface area contributed by atoms with Gasteiger partial charge in [0.05, 0.1) is 0 Å². The van der Waals surface area contributed by atoms with Crippen molar-refractivity contribution in [3.05, 3.63) is 48.7 Å². The van der Waals surface area contributed by atoms with Gasteiger partial charge in [0.25, 0.3) is 5.91 Å². The Morgan fingerprint density at radius 1 is 1.41 bits per heavy atom. The number of carbonyl (C=O) groups is 2. The number of carboxylic acids is 1. The number of hydrogen-bond donors (Lipinski definition) is 1. The van der Waals surface area contributed by atoms with E-state index in [1.165, 1.54) is 25.2 Å². The highest BCUT2D eigenvalue weighted by molar-refractivity contribution is 5.92. The Bertz CT molecular complexity index is 575. The SMILES string of the molecule is C=CC(=O)N(C1=CC(C)(C(F)(F)F)C=CC=C1)C(C)C(=O)O. The lowest BCUT2D eigenvalue weighted by molar-refractivity contribution is -0.183. The number of rotatable bonds is 4. The lowest BCUT2D eigenvalue weighted by atomic mass is 9.88. The molecule has 1 amide bonds. The van der Waals surface area contributed by atoms with E-state index in [9.17, 15) is 22.8 Å². The summed E-state index contributed by atoms with van der Waals surface area (Å²) >= 11 is 0. The van der Waals surface area contributed by atoms with Crippen LogP contribution in [-0.2, 0) is 9.59 Å². The van der Waals surface area contributed by atoms with Crippen LogP contribution in [0.25, 0.3) is 0 Å². The van der Waals surface area contributed by atoms with E-state index >= 15 is 0 Å². The zero-order chi connectivity index (χ0) is 17.1. The molecule has 0 aromatic heterocycles. The lowest BCUT2D eigenvalue weighted by Crippen LogP contribution is -2.42. The second-order valence-electron chi connectivity index (χ2n) is 4.99. The molecule has 4 nitrogen and oxygen atoms in total. The minimum Gasteiger partial charge on any atom is -0.480 e. The second-order valence-corrected chi connectivity index (χ2v) is 4.99. The number of carbonyl (C=O) groups excluding carboxylic acids is 1. The number of hydrogen-bond acceptors (Lipinski definition) is 2. The molecule has 1 rings (SSSR count). The maximum Gasteiger partial charge on any atom is 0.401 e. The number of allylic oxidation sites excluding steroid dienone is 5. The molecule has 0 aliphatic heterocycles. The molecule has 2 atom stereocenters. The largest absolute Gasteiger partial charge is 0.480 e. The standard InChI is InChI=1S/C15H16F3NO3/c1-4-12(20)19(10(2)13(21)22)11-7-5-6-8-14(3,9-11)15(16,17)18/h4-10H,1H2,2-3H3,(H,21,22). The Morgan fingerprint density at radius 2 is 2.00 bits per heavy atom. The summed E-state index contributed by atoms with van der Waals surface area (Å²) in [6.07, 6.45) is 1.83. The summed E-state index contributed by atoms with van der Waals surface area (Å²) in [5, 5.41) is 9.07. The number of aliphatic carboxylic acids is 1. The van der Waals surface area contributed by atoms with E-state index in [-0.39, 0.29) is 5.70 Å². The van der Waals surface area contributed by atoms with Crippen LogP contribution in [0.1, 0.15) is 13.8 Å². The van der Waals surface area contributed by atoms with Crippen LogP contribution in [-0.4, -0.2) is 34.1 Å². The van der Waals surface area contributed by atoms with E-state index in [1.807, 2.05) is 0 Å². The van der Waals surface area contributed by atoms with Crippen molar-refractivity contribution in [2.45, 2.75) is 26.1 Å². The van der Waals surface area contributed by atoms with E-state index in [0.29, 0.717) is 0 Å². The molecule has 0 radical (unpaired) electrons. The van der Waals surface area contributed by atoms with Crippen molar-refractivity contribution in [2.75, 3.05) is 0 Å². The number of alkyl halides is 3. The van der Waals surface area contributed by atoms with Crippen molar-refractivity contribution >= 4 is 11.9 Å². The van der Waals surface area contributed by atoms with Gasteiger partial charge >= 0.3 is 12.1 Å². The van der Waals surface area contributed by atoms with E-state index in [4.69, 9.17) is 5.11 Å². The van der Waals surface area contributed by atoms with Crippen LogP contribution in [0.4, 0.5) is 13.2 Å². The molecule has 120 valence electrons. The summed E-state index contributed by atoms with van der Waals surface area (Å²) in [5.74, 6) is -2.13. The van der Waals surface area contributed by atoms with Crippen molar-refractivity contribution in [1.82, 2.24) is 4.90 Å². The molecule has 7 heteroatoms. The van der Waals surface area contributed by atoms with Gasteiger partial charge in [0, 0.05) is 5.70 Å². The van der Waals surface area contributed by atoms with Crippen LogP contribution in [0.2, 0.25) is 0 Å². The van der Waals surface area contributed by atoms with Gasteiger partial charge in [-0.15, -0.1) is 0 Å². The fourth-order valence-corrected chi connectivity index (χ4v) is 1.89. The molecule has 0 saturated carbocycles. The molecular weight excluding hydrogens is 299 g/mol. The van der Waals surface area contributed by atoms with Crippen molar-refractivity contribution in [3.8, 4) is 0 Å². The Balaban J connectivity index is 3.43. The summed E-state index contributed by atoms with van der Waals surface area (Å²) in [7, 11) is 0. The molecule has 0 aromatic rings. The molecule has 0 heterocycles. The first-order valence-corrected chi connectivity index (χ1v) is 6.37. The van der Waals surface area contributed by atoms with Gasteiger partial charge in [-0.05, 0) is 32.1 Å². The van der Waals surface area contributed by atoms with Crippen molar-refractivity contribution in [2.24, 2.45) is 5.41 Å². The topological polar surface area (TPSA) is 57.6 Å². The molecule has 0 aromatic carbocycles. The second kappa shape index (κ2) is 6.21. The van der Waals surface area contributed by atoms with Gasteiger partial charge < -0.3 is 5.11 Å². The monoisotopic (exact) mass is 315 g/mol. The van der Waals surface area contributed by atoms with E-state index in [2.05, 4.69) is 6.58 Å². The van der Waals surface area contributed by atoms with E-state index in [1.54, 1.807) is 0 Å². The molecule has 1 aliphatic carbocycles. The third-order valence-corrected chi connectivity index (χ3v) is 3.31. The number of nitrogens with zero attached hydrogens (tertiary/aromatic N) is 1. The average Bonchev–Trinajstić information content (AvgIpc) is 2.61. The maximum atomic E-state index is 13.2. The fraction of sp³-hybridized carbons (Fsp3) is 0.333. The lowest BCUT2D eigenvalue weighted by Gasteiger charge is -2.30. The smallest absolute Gasteiger partial charge is 0.401 e. The highest BCUT2D eigenvalue weighted by atomic mass is 19.4. The highest BCUT2D eigenvalue weighted by Crippen LogP contribution is 2.42. The summed E-state index contributed by atoms with van der Waals surface area (Å²) < 4.78 is 39.7. The minimum absolute atomic E-state index is 0.148. The van der Waals surface area contributed by atoms with Crippen LogP contribution in [0.5, 0.6) is 0 Å². The Hall–Kier alpha value is -2.31. The van der Waals surface area contributed by atoms with E-state index < -0.39 is 29.5 Å². The summed E-state index contributed by atoms with van der Waals surface area (Å²) in [4.78, 5) is 23.8. The Labute approximate surface area is 125 Å². The predicted octanol–water partition coefficient (Wildman–Crippen LogP) is 3.05. The summed E-state index contributed by atoms with van der Waals surface area (Å²) in [5.41, 5.74) is -2.46. The normalized spacial score (nSPS) is 22.5. The first-order chi connectivity index (χ1) is 10.0. The molecule has 0 saturated heterocycles. The van der Waals surface area contributed by atoms with Gasteiger partial charge in [-0.3, -0.25) is 9.69 Å². The first-order valence-electron chi connectivity index (χ1n) is 6.37. The van der Waals surface area contributed by atoms with Gasteiger partial charge in [0.15, 0.2) is 0 Å². The molecule has 0 spiro atoms. The van der Waals surface area contributed by atoms with Gasteiger partial charge in [-0.1, -0.05) is 24.8 Å². The van der Waals surface area contributed by atoms with Crippen molar-refractivity contribution < 1.29 is 27.9 Å². The van der Waals surface area contributed by atoms with Crippen LogP contribution >= 0.6 is 0 Å². The maximum absolute atomic E-state index is 13.2. The zero-order valence-corrected chi connectivity index (χ0v) is 12.1. The number of halogens is 3. The molecule has 0 bridgehead atoms. The Kier molecular flexibility index (Phi) is 5.01. The van der Waals surface area contributed by atoms with Gasteiger partial charge in [0.1, 0.15) is 11.5 Å². The molecule has 1 N–H and O–H groups in total. The molecule has 0 fully saturated rings. The number of amides is 1. The molecular formula is C15H16F3NO3. The van der Waals surface area contributed by atoms with Crippen LogP contribution in [0.3, 0.4) is 0 Å². The Morgan fingerprint density at radius 3 is 2.45 bits per heavy atom. The minimum atomic E-state index is -4.59. The van der Waals surface area contributed by atoms with Gasteiger partial charge in [-0.25, -0.2) is 4.79 Å². The third kappa shape index (κ3) is 3.47. The average molecular weight is 315 g/mol. The van der Waals surface area contributed by atoms with Gasteiger partial charge in [0.2, 0.25) is 0 Å². The fourth-order valence-electron chi connectivity index (χ4n) is 1.89. The van der Waals surface area contributed by atoms with Crippen LogP contribution in [0.15, 0.2) is 48.7 Å². The zero-order valence-electron chi connectivity index (χ0n) is 12.1. The van der Waals surface area contributed by atoms with Crippen molar-refractivity contribution in [3.63, 3.8) is 0 Å². The predicted molar refractivity (Wildman–Crippen MR) is 74.7 cm³/mol. The molecule has 22 heavy (non-hydrogen) atoms. The third-order valence-electron chi connectivity index (χ3n) is 3.31. The molecule has 1 aliphatic rings. The van der Waals surface area contributed by atoms with E-state index in [0.717, 1.165) is 30.1 Å². The van der Waals surface area contributed by atoms with Crippen LogP contribution in [0, 0.1) is 5.41 Å². The van der Waals surface area contributed by atoms with Gasteiger partial charge in [-0.2, -0.15) is 13.2 Å².